The summed E-state index contributed by atoms with van der Waals surface area (Å²) in [5, 5.41) is 2.91. The van der Waals surface area contributed by atoms with Crippen LogP contribution in [0.15, 0.2) is 23.0 Å². The summed E-state index contributed by atoms with van der Waals surface area (Å²) in [7, 11) is 0. The third-order valence-electron chi connectivity index (χ3n) is 3.83. The lowest BCUT2D eigenvalue weighted by Gasteiger charge is -2.28. The first-order chi connectivity index (χ1) is 10.6. The average molecular weight is 308 g/mol. The lowest BCUT2D eigenvalue weighted by molar-refractivity contribution is -0.121. The lowest BCUT2D eigenvalue weighted by Crippen LogP contribution is -2.40. The quantitative estimate of drug-likeness (QED) is 0.675. The molecule has 0 bridgehead atoms. The van der Waals surface area contributed by atoms with Gasteiger partial charge in [0.2, 0.25) is 5.91 Å². The molecule has 22 heavy (non-hydrogen) atoms. The fraction of sp³-hybridized carbons (Fsp3) is 0.647. The van der Waals surface area contributed by atoms with E-state index in [-0.39, 0.29) is 17.9 Å². The van der Waals surface area contributed by atoms with E-state index in [2.05, 4.69) is 12.2 Å². The SMILES string of the molecule is CCCCCNC(=O)CCN(C(=O)c1ccoc1)[C@@H](C)CC. The van der Waals surface area contributed by atoms with Crippen LogP contribution in [-0.4, -0.2) is 35.8 Å². The predicted molar refractivity (Wildman–Crippen MR) is 86.6 cm³/mol. The van der Waals surface area contributed by atoms with Gasteiger partial charge in [0.05, 0.1) is 11.8 Å². The zero-order chi connectivity index (χ0) is 16.4. The minimum Gasteiger partial charge on any atom is -0.472 e. The molecule has 1 aromatic heterocycles. The van der Waals surface area contributed by atoms with Gasteiger partial charge in [0.1, 0.15) is 6.26 Å². The van der Waals surface area contributed by atoms with Crippen LogP contribution in [0.4, 0.5) is 0 Å². The molecule has 0 unspecified atom stereocenters. The highest BCUT2D eigenvalue weighted by Crippen LogP contribution is 2.12. The van der Waals surface area contributed by atoms with Crippen molar-refractivity contribution in [2.24, 2.45) is 0 Å². The summed E-state index contributed by atoms with van der Waals surface area (Å²) < 4.78 is 4.97. The molecule has 5 heteroatoms. The topological polar surface area (TPSA) is 62.6 Å². The van der Waals surface area contributed by atoms with E-state index in [1.807, 2.05) is 13.8 Å². The van der Waals surface area contributed by atoms with Crippen molar-refractivity contribution in [2.45, 2.75) is 58.9 Å². The summed E-state index contributed by atoms with van der Waals surface area (Å²) in [5.74, 6) is -0.0775. The van der Waals surface area contributed by atoms with Crippen LogP contribution in [0, 0.1) is 0 Å². The molecule has 0 aromatic carbocycles. The zero-order valence-corrected chi connectivity index (χ0v) is 13.9. The molecule has 2 amide bonds. The second-order valence-corrected chi connectivity index (χ2v) is 5.57. The Bertz CT molecular complexity index is 443. The van der Waals surface area contributed by atoms with E-state index in [0.717, 1.165) is 25.7 Å². The molecular weight excluding hydrogens is 280 g/mol. The molecule has 0 spiro atoms. The highest BCUT2D eigenvalue weighted by atomic mass is 16.3. The van der Waals surface area contributed by atoms with Gasteiger partial charge in [-0.3, -0.25) is 9.59 Å². The summed E-state index contributed by atoms with van der Waals surface area (Å²) >= 11 is 0. The number of amides is 2. The van der Waals surface area contributed by atoms with Gasteiger partial charge in [-0.05, 0) is 25.8 Å². The van der Waals surface area contributed by atoms with Crippen LogP contribution in [0.2, 0.25) is 0 Å². The maximum Gasteiger partial charge on any atom is 0.257 e. The van der Waals surface area contributed by atoms with Gasteiger partial charge in [0.25, 0.3) is 5.91 Å². The Morgan fingerprint density at radius 3 is 2.68 bits per heavy atom. The van der Waals surface area contributed by atoms with E-state index < -0.39 is 0 Å². The van der Waals surface area contributed by atoms with E-state index >= 15 is 0 Å². The third-order valence-corrected chi connectivity index (χ3v) is 3.83. The van der Waals surface area contributed by atoms with Crippen LogP contribution in [0.1, 0.15) is 63.2 Å². The molecule has 1 heterocycles. The number of unbranched alkanes of at least 4 members (excludes halogenated alkanes) is 2. The summed E-state index contributed by atoms with van der Waals surface area (Å²) in [6.07, 6.45) is 7.38. The zero-order valence-electron chi connectivity index (χ0n) is 13.9. The smallest absolute Gasteiger partial charge is 0.257 e. The number of nitrogens with zero attached hydrogens (tertiary/aromatic N) is 1. The molecule has 1 rings (SSSR count). The Balaban J connectivity index is 2.48. The first-order valence-corrected chi connectivity index (χ1v) is 8.20. The normalized spacial score (nSPS) is 12.0. The van der Waals surface area contributed by atoms with Crippen LogP contribution in [0.3, 0.4) is 0 Å². The van der Waals surface area contributed by atoms with Crippen molar-refractivity contribution in [3.63, 3.8) is 0 Å². The van der Waals surface area contributed by atoms with Gasteiger partial charge >= 0.3 is 0 Å². The highest BCUT2D eigenvalue weighted by Gasteiger charge is 2.21. The number of carbonyl (C=O) groups excluding carboxylic acids is 2. The van der Waals surface area contributed by atoms with Crippen molar-refractivity contribution < 1.29 is 14.0 Å². The lowest BCUT2D eigenvalue weighted by atomic mass is 10.1. The molecule has 0 saturated carbocycles. The molecule has 1 N–H and O–H groups in total. The second kappa shape index (κ2) is 10.0. The van der Waals surface area contributed by atoms with E-state index in [4.69, 9.17) is 4.42 Å². The number of furan rings is 1. The van der Waals surface area contributed by atoms with E-state index in [1.54, 1.807) is 11.0 Å². The molecule has 0 aliphatic heterocycles. The van der Waals surface area contributed by atoms with Crippen LogP contribution >= 0.6 is 0 Å². The van der Waals surface area contributed by atoms with Crippen molar-refractivity contribution >= 4 is 11.8 Å². The van der Waals surface area contributed by atoms with Crippen LogP contribution in [-0.2, 0) is 4.79 Å². The molecule has 0 saturated heterocycles. The molecule has 124 valence electrons. The second-order valence-electron chi connectivity index (χ2n) is 5.57. The third kappa shape index (κ3) is 5.92. The molecule has 0 radical (unpaired) electrons. The van der Waals surface area contributed by atoms with Crippen molar-refractivity contribution in [1.29, 1.82) is 0 Å². The Labute approximate surface area is 133 Å². The van der Waals surface area contributed by atoms with Crippen molar-refractivity contribution in [2.75, 3.05) is 13.1 Å². The maximum absolute atomic E-state index is 12.5. The van der Waals surface area contributed by atoms with Crippen LogP contribution in [0.25, 0.3) is 0 Å². The van der Waals surface area contributed by atoms with Gasteiger partial charge in [-0.25, -0.2) is 0 Å². The van der Waals surface area contributed by atoms with Gasteiger partial charge in [-0.15, -0.1) is 0 Å². The Hall–Kier alpha value is -1.78. The maximum atomic E-state index is 12.5. The molecule has 0 fully saturated rings. The summed E-state index contributed by atoms with van der Waals surface area (Å²) in [5.41, 5.74) is 0.531. The molecule has 1 atom stereocenters. The fourth-order valence-corrected chi connectivity index (χ4v) is 2.21. The van der Waals surface area contributed by atoms with Gasteiger partial charge < -0.3 is 14.6 Å². The van der Waals surface area contributed by atoms with E-state index in [9.17, 15) is 9.59 Å². The molecule has 1 aromatic rings. The van der Waals surface area contributed by atoms with Crippen LogP contribution < -0.4 is 5.32 Å². The minimum atomic E-state index is -0.0816. The molecule has 0 aliphatic rings. The monoisotopic (exact) mass is 308 g/mol. The van der Waals surface area contributed by atoms with Crippen molar-refractivity contribution in [1.82, 2.24) is 10.2 Å². The fourth-order valence-electron chi connectivity index (χ4n) is 2.21. The number of hydrogen-bond donors (Lipinski definition) is 1. The highest BCUT2D eigenvalue weighted by molar-refractivity contribution is 5.94. The summed E-state index contributed by atoms with van der Waals surface area (Å²) in [4.78, 5) is 26.1. The summed E-state index contributed by atoms with van der Waals surface area (Å²) in [6, 6.07) is 1.75. The van der Waals surface area contributed by atoms with Gasteiger partial charge in [-0.2, -0.15) is 0 Å². The van der Waals surface area contributed by atoms with Gasteiger partial charge in [0.15, 0.2) is 0 Å². The van der Waals surface area contributed by atoms with E-state index in [1.165, 1.54) is 12.5 Å². The average Bonchev–Trinajstić information content (AvgIpc) is 3.05. The predicted octanol–water partition coefficient (Wildman–Crippen LogP) is 3.22. The van der Waals surface area contributed by atoms with Gasteiger partial charge in [0, 0.05) is 25.6 Å². The number of rotatable bonds is 10. The Kier molecular flexibility index (Phi) is 8.33. The molecule has 5 nitrogen and oxygen atoms in total. The van der Waals surface area contributed by atoms with Gasteiger partial charge in [-0.1, -0.05) is 26.7 Å². The van der Waals surface area contributed by atoms with E-state index in [0.29, 0.717) is 25.1 Å². The first kappa shape index (κ1) is 18.3. The largest absolute Gasteiger partial charge is 0.472 e. The standard InChI is InChI=1S/C17H28N2O3/c1-4-6-7-10-18-16(20)8-11-19(14(3)5-2)17(21)15-9-12-22-13-15/h9,12-14H,4-8,10-11H2,1-3H3,(H,18,20)/t14-/m0/s1. The van der Waals surface area contributed by atoms with Crippen LogP contribution in [0.5, 0.6) is 0 Å². The molecule has 0 aliphatic carbocycles. The first-order valence-electron chi connectivity index (χ1n) is 8.20. The van der Waals surface area contributed by atoms with Crippen molar-refractivity contribution in [3.8, 4) is 0 Å². The Morgan fingerprint density at radius 2 is 2.09 bits per heavy atom. The number of nitrogens with one attached hydrogen (secondary N) is 1. The van der Waals surface area contributed by atoms with Crippen molar-refractivity contribution in [3.05, 3.63) is 24.2 Å². The minimum absolute atomic E-state index is 0.00407. The number of carbonyl (C=O) groups is 2. The summed E-state index contributed by atoms with van der Waals surface area (Å²) in [6.45, 7) is 7.31. The number of hydrogen-bond acceptors (Lipinski definition) is 3. The molecular formula is C17H28N2O3. The Morgan fingerprint density at radius 1 is 1.32 bits per heavy atom.